The molecule has 122 valence electrons. The number of benzene rings is 1. The molecular formula is C17H13BrFN3O2. The van der Waals surface area contributed by atoms with E-state index in [1.54, 1.807) is 22.9 Å². The number of aromatic nitrogens is 3. The fraction of sp³-hybridized carbons (Fsp3) is 0.118. The smallest absolute Gasteiger partial charge is 0.345 e. The van der Waals surface area contributed by atoms with Gasteiger partial charge in [-0.05, 0) is 50.2 Å². The van der Waals surface area contributed by atoms with Crippen LogP contribution in [0.5, 0.6) is 5.75 Å². The first-order valence-corrected chi connectivity index (χ1v) is 7.90. The van der Waals surface area contributed by atoms with Crippen molar-refractivity contribution in [3.63, 3.8) is 0 Å². The minimum Gasteiger partial charge on any atom is -0.420 e. The van der Waals surface area contributed by atoms with Gasteiger partial charge in [0.05, 0.1) is 11.3 Å². The van der Waals surface area contributed by atoms with Gasteiger partial charge in [-0.2, -0.15) is 5.10 Å². The minimum atomic E-state index is -0.677. The third-order valence-corrected chi connectivity index (χ3v) is 3.80. The standard InChI is InChI=1S/C17H13BrFN3O2/c1-10-7-11(2)22(21-10)16-6-3-12(9-20-16)17(23)24-15-5-4-13(18)8-14(15)19/h3-9H,1-2H3. The lowest BCUT2D eigenvalue weighted by molar-refractivity contribution is 0.0727. The van der Waals surface area contributed by atoms with E-state index >= 15 is 0 Å². The predicted molar refractivity (Wildman–Crippen MR) is 89.9 cm³/mol. The van der Waals surface area contributed by atoms with E-state index in [1.165, 1.54) is 18.3 Å². The highest BCUT2D eigenvalue weighted by atomic mass is 79.9. The minimum absolute atomic E-state index is 0.133. The number of rotatable bonds is 3. The molecule has 0 aliphatic heterocycles. The van der Waals surface area contributed by atoms with Crippen molar-refractivity contribution < 1.29 is 13.9 Å². The number of hydrogen-bond donors (Lipinski definition) is 0. The second-order valence-corrected chi connectivity index (χ2v) is 6.12. The number of carbonyl (C=O) groups excluding carboxylic acids is 1. The number of halogens is 2. The Morgan fingerprint density at radius 3 is 2.58 bits per heavy atom. The third kappa shape index (κ3) is 3.35. The molecule has 0 atom stereocenters. The summed E-state index contributed by atoms with van der Waals surface area (Å²) in [5.41, 5.74) is 2.04. The average Bonchev–Trinajstić information content (AvgIpc) is 2.88. The second-order valence-electron chi connectivity index (χ2n) is 5.21. The molecule has 0 radical (unpaired) electrons. The molecule has 0 fully saturated rings. The Morgan fingerprint density at radius 2 is 2.00 bits per heavy atom. The molecule has 3 aromatic rings. The van der Waals surface area contributed by atoms with E-state index in [4.69, 9.17) is 4.74 Å². The Kier molecular flexibility index (Phi) is 4.44. The van der Waals surface area contributed by atoms with Gasteiger partial charge in [-0.15, -0.1) is 0 Å². The quantitative estimate of drug-likeness (QED) is 0.501. The van der Waals surface area contributed by atoms with E-state index in [0.717, 1.165) is 11.4 Å². The zero-order chi connectivity index (χ0) is 17.3. The second kappa shape index (κ2) is 6.52. The molecule has 0 bridgehead atoms. The van der Waals surface area contributed by atoms with Gasteiger partial charge >= 0.3 is 5.97 Å². The van der Waals surface area contributed by atoms with E-state index in [-0.39, 0.29) is 11.3 Å². The number of nitrogens with zero attached hydrogens (tertiary/aromatic N) is 3. The molecule has 3 rings (SSSR count). The van der Waals surface area contributed by atoms with Crippen LogP contribution in [0, 0.1) is 19.7 Å². The normalized spacial score (nSPS) is 10.7. The van der Waals surface area contributed by atoms with Gasteiger partial charge in [-0.1, -0.05) is 15.9 Å². The van der Waals surface area contributed by atoms with Gasteiger partial charge in [0.2, 0.25) is 0 Å². The third-order valence-electron chi connectivity index (χ3n) is 3.31. The number of carbonyl (C=O) groups is 1. The van der Waals surface area contributed by atoms with Crippen molar-refractivity contribution in [2.75, 3.05) is 0 Å². The zero-order valence-electron chi connectivity index (χ0n) is 13.0. The molecule has 0 amide bonds. The monoisotopic (exact) mass is 389 g/mol. The number of ether oxygens (including phenoxy) is 1. The topological polar surface area (TPSA) is 57.0 Å². The highest BCUT2D eigenvalue weighted by molar-refractivity contribution is 9.10. The summed E-state index contributed by atoms with van der Waals surface area (Å²) in [4.78, 5) is 16.3. The van der Waals surface area contributed by atoms with Crippen molar-refractivity contribution in [1.29, 1.82) is 0 Å². The lowest BCUT2D eigenvalue weighted by Gasteiger charge is -2.07. The highest BCUT2D eigenvalue weighted by Crippen LogP contribution is 2.22. The van der Waals surface area contributed by atoms with Gasteiger partial charge < -0.3 is 4.74 Å². The van der Waals surface area contributed by atoms with Crippen LogP contribution in [0.3, 0.4) is 0 Å². The SMILES string of the molecule is Cc1cc(C)n(-c2ccc(C(=O)Oc3ccc(Br)cc3F)cn2)n1. The molecule has 0 aliphatic rings. The molecule has 0 spiro atoms. The maximum absolute atomic E-state index is 13.7. The van der Waals surface area contributed by atoms with Crippen molar-refractivity contribution in [3.8, 4) is 11.6 Å². The lowest BCUT2D eigenvalue weighted by atomic mass is 10.3. The molecule has 0 N–H and O–H groups in total. The van der Waals surface area contributed by atoms with Crippen molar-refractivity contribution in [3.05, 3.63) is 69.8 Å². The Bertz CT molecular complexity index is 907. The maximum atomic E-state index is 13.7. The summed E-state index contributed by atoms with van der Waals surface area (Å²) < 4.78 is 21.0. The van der Waals surface area contributed by atoms with E-state index in [1.807, 2.05) is 19.9 Å². The molecule has 2 aromatic heterocycles. The van der Waals surface area contributed by atoms with Crippen LogP contribution < -0.4 is 4.74 Å². The summed E-state index contributed by atoms with van der Waals surface area (Å²) in [6, 6.07) is 9.36. The number of esters is 1. The molecule has 0 saturated heterocycles. The molecule has 1 aromatic carbocycles. The lowest BCUT2D eigenvalue weighted by Crippen LogP contribution is -2.11. The summed E-state index contributed by atoms with van der Waals surface area (Å²) >= 11 is 3.15. The largest absolute Gasteiger partial charge is 0.420 e. The zero-order valence-corrected chi connectivity index (χ0v) is 14.5. The summed E-state index contributed by atoms with van der Waals surface area (Å²) in [6.45, 7) is 3.81. The van der Waals surface area contributed by atoms with Crippen LogP contribution in [0.4, 0.5) is 4.39 Å². The first-order valence-electron chi connectivity index (χ1n) is 7.11. The summed E-state index contributed by atoms with van der Waals surface area (Å²) in [7, 11) is 0. The predicted octanol–water partition coefficient (Wildman–Crippen LogP) is 4.00. The molecule has 24 heavy (non-hydrogen) atoms. The van der Waals surface area contributed by atoms with E-state index in [2.05, 4.69) is 26.0 Å². The van der Waals surface area contributed by atoms with Crippen LogP contribution in [0.25, 0.3) is 5.82 Å². The molecule has 0 unspecified atom stereocenters. The van der Waals surface area contributed by atoms with Crippen molar-refractivity contribution in [2.24, 2.45) is 0 Å². The summed E-state index contributed by atoms with van der Waals surface area (Å²) in [6.07, 6.45) is 1.38. The molecule has 7 heteroatoms. The van der Waals surface area contributed by atoms with Gasteiger partial charge in [0.25, 0.3) is 0 Å². The molecule has 5 nitrogen and oxygen atoms in total. The van der Waals surface area contributed by atoms with Gasteiger partial charge in [0.15, 0.2) is 17.4 Å². The van der Waals surface area contributed by atoms with Crippen LogP contribution >= 0.6 is 15.9 Å². The number of pyridine rings is 1. The van der Waals surface area contributed by atoms with Crippen LogP contribution in [-0.4, -0.2) is 20.7 Å². The molecule has 0 saturated carbocycles. The van der Waals surface area contributed by atoms with Gasteiger partial charge in [-0.3, -0.25) is 0 Å². The Hall–Kier alpha value is -2.54. The summed E-state index contributed by atoms with van der Waals surface area (Å²) in [5.74, 6) is -0.841. The van der Waals surface area contributed by atoms with Gasteiger partial charge in [0.1, 0.15) is 0 Å². The Labute approximate surface area is 146 Å². The Morgan fingerprint density at radius 1 is 1.21 bits per heavy atom. The fourth-order valence-electron chi connectivity index (χ4n) is 2.21. The molecule has 2 heterocycles. The van der Waals surface area contributed by atoms with Crippen molar-refractivity contribution in [1.82, 2.24) is 14.8 Å². The van der Waals surface area contributed by atoms with E-state index in [9.17, 15) is 9.18 Å². The first-order chi connectivity index (χ1) is 11.4. The van der Waals surface area contributed by atoms with Crippen molar-refractivity contribution >= 4 is 21.9 Å². The van der Waals surface area contributed by atoms with Gasteiger partial charge in [-0.25, -0.2) is 18.9 Å². The number of hydrogen-bond acceptors (Lipinski definition) is 4. The van der Waals surface area contributed by atoms with Crippen LogP contribution in [0.15, 0.2) is 47.1 Å². The number of aryl methyl sites for hydroxylation is 2. The van der Waals surface area contributed by atoms with Crippen molar-refractivity contribution in [2.45, 2.75) is 13.8 Å². The van der Waals surface area contributed by atoms with Gasteiger partial charge in [0, 0.05) is 16.4 Å². The summed E-state index contributed by atoms with van der Waals surface area (Å²) in [5, 5.41) is 4.33. The molecular weight excluding hydrogens is 377 g/mol. The molecule has 0 aliphatic carbocycles. The maximum Gasteiger partial charge on any atom is 0.345 e. The van der Waals surface area contributed by atoms with Crippen LogP contribution in [0.1, 0.15) is 21.7 Å². The van der Waals surface area contributed by atoms with Crippen LogP contribution in [-0.2, 0) is 0 Å². The van der Waals surface area contributed by atoms with Crippen LogP contribution in [0.2, 0.25) is 0 Å². The first kappa shape index (κ1) is 16.3. The van der Waals surface area contributed by atoms with E-state index in [0.29, 0.717) is 10.3 Å². The highest BCUT2D eigenvalue weighted by Gasteiger charge is 2.13. The fourth-order valence-corrected chi connectivity index (χ4v) is 2.54. The Balaban J connectivity index is 1.80. The average molecular weight is 390 g/mol. The van der Waals surface area contributed by atoms with E-state index < -0.39 is 11.8 Å².